The van der Waals surface area contributed by atoms with E-state index < -0.39 is 9.84 Å². The van der Waals surface area contributed by atoms with Crippen LogP contribution < -0.4 is 10.2 Å². The van der Waals surface area contributed by atoms with Crippen LogP contribution in [0.15, 0.2) is 47.4 Å². The number of hydrogen-bond donors (Lipinski definition) is 1. The molecular formula is C23H26N2O4S. The number of anilines is 1. The number of rotatable bonds is 8. The van der Waals surface area contributed by atoms with E-state index >= 15 is 0 Å². The summed E-state index contributed by atoms with van der Waals surface area (Å²) in [6.45, 7) is 1.15. The quantitative estimate of drug-likeness (QED) is 0.657. The summed E-state index contributed by atoms with van der Waals surface area (Å²) in [4.78, 5) is 26.2. The summed E-state index contributed by atoms with van der Waals surface area (Å²) in [5.41, 5.74) is 3.97. The van der Waals surface area contributed by atoms with Crippen LogP contribution in [-0.4, -0.2) is 39.1 Å². The molecule has 7 heteroatoms. The van der Waals surface area contributed by atoms with Gasteiger partial charge in [0.05, 0.1) is 16.3 Å². The highest BCUT2D eigenvalue weighted by Gasteiger charge is 2.32. The molecule has 0 radical (unpaired) electrons. The molecule has 0 saturated carbocycles. The number of amides is 2. The third-order valence-electron chi connectivity index (χ3n) is 5.79. The number of hydrogen-bond acceptors (Lipinski definition) is 4. The minimum absolute atomic E-state index is 0.0509. The SMILES string of the molecule is O=C(CCS(=O)(=O)c1cc2c3c(c1)CCN3C(=O)CC2)NCCCc1ccccc1. The van der Waals surface area contributed by atoms with Crippen molar-refractivity contribution >= 4 is 27.3 Å². The molecule has 1 N–H and O–H groups in total. The molecule has 2 aliphatic rings. The maximum Gasteiger partial charge on any atom is 0.227 e. The molecular weight excluding hydrogens is 400 g/mol. The van der Waals surface area contributed by atoms with E-state index in [0.717, 1.165) is 29.7 Å². The fraction of sp³-hybridized carbons (Fsp3) is 0.391. The van der Waals surface area contributed by atoms with Crippen LogP contribution in [0.3, 0.4) is 0 Å². The monoisotopic (exact) mass is 426 g/mol. The van der Waals surface area contributed by atoms with Crippen molar-refractivity contribution in [3.05, 3.63) is 59.2 Å². The number of sulfone groups is 1. The third kappa shape index (κ3) is 4.41. The van der Waals surface area contributed by atoms with Gasteiger partial charge in [0.1, 0.15) is 0 Å². The molecule has 0 spiro atoms. The fourth-order valence-electron chi connectivity index (χ4n) is 4.20. The summed E-state index contributed by atoms with van der Waals surface area (Å²) in [5.74, 6) is -0.343. The first-order valence-corrected chi connectivity index (χ1v) is 12.1. The first-order valence-electron chi connectivity index (χ1n) is 10.4. The van der Waals surface area contributed by atoms with Crippen LogP contribution in [0.1, 0.15) is 36.0 Å². The van der Waals surface area contributed by atoms with Crippen molar-refractivity contribution in [3.63, 3.8) is 0 Å². The average Bonchev–Trinajstić information content (AvgIpc) is 3.19. The Hall–Kier alpha value is -2.67. The van der Waals surface area contributed by atoms with Gasteiger partial charge in [0.15, 0.2) is 9.84 Å². The van der Waals surface area contributed by atoms with Gasteiger partial charge in [-0.3, -0.25) is 9.59 Å². The number of carbonyl (C=O) groups excluding carboxylic acids is 2. The molecule has 0 unspecified atom stereocenters. The molecule has 0 saturated heterocycles. The minimum Gasteiger partial charge on any atom is -0.356 e. The summed E-state index contributed by atoms with van der Waals surface area (Å²) in [5, 5.41) is 2.81. The first kappa shape index (κ1) is 20.6. The van der Waals surface area contributed by atoms with Crippen LogP contribution in [0.25, 0.3) is 0 Å². The minimum atomic E-state index is -3.55. The van der Waals surface area contributed by atoms with E-state index in [2.05, 4.69) is 5.32 Å². The van der Waals surface area contributed by atoms with E-state index in [4.69, 9.17) is 0 Å². The van der Waals surface area contributed by atoms with Crippen molar-refractivity contribution in [1.29, 1.82) is 0 Å². The van der Waals surface area contributed by atoms with Crippen LogP contribution in [-0.2, 0) is 38.7 Å². The summed E-state index contributed by atoms with van der Waals surface area (Å²) >= 11 is 0. The Morgan fingerprint density at radius 3 is 2.53 bits per heavy atom. The molecule has 0 aliphatic carbocycles. The van der Waals surface area contributed by atoms with Gasteiger partial charge in [-0.15, -0.1) is 0 Å². The van der Waals surface area contributed by atoms with Crippen molar-refractivity contribution in [2.45, 2.75) is 43.4 Å². The zero-order chi connectivity index (χ0) is 21.1. The smallest absolute Gasteiger partial charge is 0.227 e. The number of nitrogens with one attached hydrogen (secondary N) is 1. The molecule has 0 bridgehead atoms. The number of nitrogens with zero attached hydrogens (tertiary/aromatic N) is 1. The Labute approximate surface area is 177 Å². The molecule has 158 valence electrons. The lowest BCUT2D eigenvalue weighted by Crippen LogP contribution is -2.33. The molecule has 30 heavy (non-hydrogen) atoms. The maximum absolute atomic E-state index is 12.8. The standard InChI is InChI=1S/C23H26N2O4S/c26-21(24-12-4-7-17-5-2-1-3-6-17)11-14-30(28,29)20-15-18-8-9-22(27)25-13-10-19(16-20)23(18)25/h1-3,5-6,15-16H,4,7-14H2,(H,24,26). The fourth-order valence-corrected chi connectivity index (χ4v) is 5.54. The molecule has 0 aromatic heterocycles. The van der Waals surface area contributed by atoms with Crippen LogP contribution in [0.4, 0.5) is 5.69 Å². The number of aryl methyl sites for hydroxylation is 2. The van der Waals surface area contributed by atoms with Crippen LogP contribution in [0.2, 0.25) is 0 Å². The molecule has 6 nitrogen and oxygen atoms in total. The molecule has 0 fully saturated rings. The van der Waals surface area contributed by atoms with Crippen LogP contribution in [0, 0.1) is 0 Å². The van der Waals surface area contributed by atoms with E-state index in [1.165, 1.54) is 5.56 Å². The van der Waals surface area contributed by atoms with Crippen molar-refractivity contribution in [2.24, 2.45) is 0 Å². The van der Waals surface area contributed by atoms with Gasteiger partial charge in [-0.05, 0) is 54.5 Å². The van der Waals surface area contributed by atoms with Crippen molar-refractivity contribution < 1.29 is 18.0 Å². The van der Waals surface area contributed by atoms with Gasteiger partial charge in [-0.1, -0.05) is 30.3 Å². The van der Waals surface area contributed by atoms with Gasteiger partial charge < -0.3 is 10.2 Å². The highest BCUT2D eigenvalue weighted by Crippen LogP contribution is 2.38. The lowest BCUT2D eigenvalue weighted by Gasteiger charge is -2.25. The van der Waals surface area contributed by atoms with E-state index in [0.29, 0.717) is 32.4 Å². The zero-order valence-corrected chi connectivity index (χ0v) is 17.7. The summed E-state index contributed by atoms with van der Waals surface area (Å²) in [7, 11) is -3.55. The molecule has 2 aliphatic heterocycles. The Balaban J connectivity index is 1.31. The predicted octanol–water partition coefficient (Wildman–Crippen LogP) is 2.43. The van der Waals surface area contributed by atoms with Crippen molar-refractivity contribution in [1.82, 2.24) is 5.32 Å². The van der Waals surface area contributed by atoms with Crippen LogP contribution >= 0.6 is 0 Å². The predicted molar refractivity (Wildman–Crippen MR) is 115 cm³/mol. The third-order valence-corrected chi connectivity index (χ3v) is 7.48. The van der Waals surface area contributed by atoms with E-state index in [9.17, 15) is 18.0 Å². The highest BCUT2D eigenvalue weighted by atomic mass is 32.2. The highest BCUT2D eigenvalue weighted by molar-refractivity contribution is 7.91. The maximum atomic E-state index is 12.8. The molecule has 0 atom stereocenters. The largest absolute Gasteiger partial charge is 0.356 e. The summed E-state index contributed by atoms with van der Waals surface area (Å²) in [6.07, 6.45) is 3.30. The Bertz CT molecular complexity index is 1060. The van der Waals surface area contributed by atoms with Gasteiger partial charge in [0.25, 0.3) is 0 Å². The average molecular weight is 427 g/mol. The lowest BCUT2D eigenvalue weighted by molar-refractivity contribution is -0.121. The van der Waals surface area contributed by atoms with Gasteiger partial charge in [-0.25, -0.2) is 8.42 Å². The van der Waals surface area contributed by atoms with Gasteiger partial charge in [0, 0.05) is 25.9 Å². The number of benzene rings is 2. The van der Waals surface area contributed by atoms with Crippen LogP contribution in [0.5, 0.6) is 0 Å². The Morgan fingerprint density at radius 2 is 1.77 bits per heavy atom. The van der Waals surface area contributed by atoms with Gasteiger partial charge >= 0.3 is 0 Å². The molecule has 2 aromatic rings. The second-order valence-electron chi connectivity index (χ2n) is 7.89. The van der Waals surface area contributed by atoms with Crippen molar-refractivity contribution in [3.8, 4) is 0 Å². The molecule has 2 aromatic carbocycles. The second-order valence-corrected chi connectivity index (χ2v) is 10.0. The number of carbonyl (C=O) groups is 2. The van der Waals surface area contributed by atoms with Gasteiger partial charge in [0.2, 0.25) is 11.8 Å². The lowest BCUT2D eigenvalue weighted by atomic mass is 10.00. The first-order chi connectivity index (χ1) is 14.4. The van der Waals surface area contributed by atoms with E-state index in [1.54, 1.807) is 17.0 Å². The van der Waals surface area contributed by atoms with E-state index in [1.807, 2.05) is 30.3 Å². The molecule has 4 rings (SSSR count). The van der Waals surface area contributed by atoms with Gasteiger partial charge in [-0.2, -0.15) is 0 Å². The Kier molecular flexibility index (Phi) is 5.90. The normalized spacial score (nSPS) is 15.2. The van der Waals surface area contributed by atoms with Crippen molar-refractivity contribution in [2.75, 3.05) is 23.7 Å². The summed E-state index contributed by atoms with van der Waals surface area (Å²) < 4.78 is 25.6. The molecule has 2 heterocycles. The zero-order valence-electron chi connectivity index (χ0n) is 16.9. The Morgan fingerprint density at radius 1 is 1.03 bits per heavy atom. The summed E-state index contributed by atoms with van der Waals surface area (Å²) in [6, 6.07) is 13.4. The second kappa shape index (κ2) is 8.60. The van der Waals surface area contributed by atoms with E-state index in [-0.39, 0.29) is 28.9 Å². The molecule has 2 amide bonds. The topological polar surface area (TPSA) is 83.6 Å².